The lowest BCUT2D eigenvalue weighted by Gasteiger charge is -2.22. The zero-order valence-electron chi connectivity index (χ0n) is 9.89. The molecule has 0 spiro atoms. The summed E-state index contributed by atoms with van der Waals surface area (Å²) < 4.78 is 10.4. The smallest absolute Gasteiger partial charge is 0.337 e. The molecule has 0 aliphatic carbocycles. The first-order chi connectivity index (χ1) is 9.08. The standard InChI is InChI=1S/C12H12ClNO5/c13-9-5-7(1-2-8(9)12(16)17)14-11(15)10-6-18-3-4-19-10/h1-2,5,10H,3-4,6H2,(H,14,15)(H,16,17). The van der Waals surface area contributed by atoms with Gasteiger partial charge in [0, 0.05) is 5.69 Å². The summed E-state index contributed by atoms with van der Waals surface area (Å²) in [6, 6.07) is 4.18. The monoisotopic (exact) mass is 285 g/mol. The Labute approximate surface area is 114 Å². The van der Waals surface area contributed by atoms with Crippen LogP contribution in [0.4, 0.5) is 5.69 Å². The van der Waals surface area contributed by atoms with Gasteiger partial charge in [0.2, 0.25) is 0 Å². The van der Waals surface area contributed by atoms with Crippen molar-refractivity contribution in [2.24, 2.45) is 0 Å². The fraction of sp³-hybridized carbons (Fsp3) is 0.333. The highest BCUT2D eigenvalue weighted by molar-refractivity contribution is 6.33. The Kier molecular flexibility index (Phi) is 4.36. The van der Waals surface area contributed by atoms with Crippen molar-refractivity contribution in [3.63, 3.8) is 0 Å². The zero-order chi connectivity index (χ0) is 13.8. The van der Waals surface area contributed by atoms with Gasteiger partial charge in [-0.2, -0.15) is 0 Å². The van der Waals surface area contributed by atoms with Crippen LogP contribution in [-0.2, 0) is 14.3 Å². The van der Waals surface area contributed by atoms with Gasteiger partial charge in [0.15, 0.2) is 6.10 Å². The van der Waals surface area contributed by atoms with Crippen molar-refractivity contribution in [1.82, 2.24) is 0 Å². The van der Waals surface area contributed by atoms with E-state index in [0.717, 1.165) is 0 Å². The predicted molar refractivity (Wildman–Crippen MR) is 67.6 cm³/mol. The highest BCUT2D eigenvalue weighted by atomic mass is 35.5. The van der Waals surface area contributed by atoms with Gasteiger partial charge in [0.1, 0.15) is 0 Å². The molecular formula is C12H12ClNO5. The Bertz CT molecular complexity index is 499. The van der Waals surface area contributed by atoms with Gasteiger partial charge in [-0.25, -0.2) is 4.79 Å². The van der Waals surface area contributed by atoms with E-state index in [-0.39, 0.29) is 23.1 Å². The predicted octanol–water partition coefficient (Wildman–Crippen LogP) is 1.39. The van der Waals surface area contributed by atoms with Gasteiger partial charge in [-0.05, 0) is 18.2 Å². The van der Waals surface area contributed by atoms with Crippen LogP contribution in [0.2, 0.25) is 5.02 Å². The zero-order valence-corrected chi connectivity index (χ0v) is 10.6. The number of hydrogen-bond acceptors (Lipinski definition) is 4. The molecule has 2 rings (SSSR count). The number of aromatic carboxylic acids is 1. The maximum absolute atomic E-state index is 11.8. The number of nitrogens with one attached hydrogen (secondary N) is 1. The van der Waals surface area contributed by atoms with Crippen LogP contribution in [-0.4, -0.2) is 42.9 Å². The number of carbonyl (C=O) groups is 2. The number of anilines is 1. The Morgan fingerprint density at radius 1 is 1.37 bits per heavy atom. The summed E-state index contributed by atoms with van der Waals surface area (Å²) in [5, 5.41) is 11.5. The van der Waals surface area contributed by atoms with Crippen LogP contribution in [0.5, 0.6) is 0 Å². The molecule has 1 unspecified atom stereocenters. The molecular weight excluding hydrogens is 274 g/mol. The van der Waals surface area contributed by atoms with Gasteiger partial charge >= 0.3 is 5.97 Å². The second-order valence-corrected chi connectivity index (χ2v) is 4.33. The van der Waals surface area contributed by atoms with Crippen molar-refractivity contribution in [2.75, 3.05) is 25.1 Å². The third-order valence-corrected chi connectivity index (χ3v) is 2.89. The van der Waals surface area contributed by atoms with E-state index in [1.54, 1.807) is 0 Å². The number of carboxylic acids is 1. The van der Waals surface area contributed by atoms with Crippen LogP contribution in [0.25, 0.3) is 0 Å². The third kappa shape index (κ3) is 3.44. The van der Waals surface area contributed by atoms with E-state index >= 15 is 0 Å². The van der Waals surface area contributed by atoms with Gasteiger partial charge in [-0.15, -0.1) is 0 Å². The summed E-state index contributed by atoms with van der Waals surface area (Å²) in [6.45, 7) is 1.05. The minimum atomic E-state index is -1.12. The topological polar surface area (TPSA) is 84.9 Å². The fourth-order valence-electron chi connectivity index (χ4n) is 1.63. The normalized spacial score (nSPS) is 18.9. The fourth-order valence-corrected chi connectivity index (χ4v) is 1.89. The molecule has 1 aliphatic rings. The van der Waals surface area contributed by atoms with Crippen molar-refractivity contribution < 1.29 is 24.2 Å². The molecule has 1 heterocycles. The number of rotatable bonds is 3. The quantitative estimate of drug-likeness (QED) is 0.877. The summed E-state index contributed by atoms with van der Waals surface area (Å²) >= 11 is 5.81. The minimum absolute atomic E-state index is 0.0167. The average Bonchev–Trinajstić information content (AvgIpc) is 2.39. The van der Waals surface area contributed by atoms with Crippen LogP contribution < -0.4 is 5.32 Å². The van der Waals surface area contributed by atoms with Gasteiger partial charge in [-0.1, -0.05) is 11.6 Å². The summed E-state index contributed by atoms with van der Waals surface area (Å²) in [5.41, 5.74) is 0.395. The molecule has 102 valence electrons. The first-order valence-electron chi connectivity index (χ1n) is 5.61. The van der Waals surface area contributed by atoms with Crippen LogP contribution in [0.15, 0.2) is 18.2 Å². The molecule has 2 N–H and O–H groups in total. The average molecular weight is 286 g/mol. The molecule has 6 nitrogen and oxygen atoms in total. The molecule has 1 saturated heterocycles. The van der Waals surface area contributed by atoms with Crippen molar-refractivity contribution >= 4 is 29.2 Å². The third-order valence-electron chi connectivity index (χ3n) is 2.58. The lowest BCUT2D eigenvalue weighted by Crippen LogP contribution is -2.39. The molecule has 1 amide bonds. The number of carboxylic acid groups (broad SMARTS) is 1. The highest BCUT2D eigenvalue weighted by Crippen LogP contribution is 2.21. The minimum Gasteiger partial charge on any atom is -0.478 e. The number of ether oxygens (including phenoxy) is 2. The molecule has 0 radical (unpaired) electrons. The number of carbonyl (C=O) groups excluding carboxylic acids is 1. The van der Waals surface area contributed by atoms with Gasteiger partial charge < -0.3 is 19.9 Å². The van der Waals surface area contributed by atoms with Crippen LogP contribution in [0.3, 0.4) is 0 Å². The van der Waals surface area contributed by atoms with Crippen molar-refractivity contribution in [2.45, 2.75) is 6.10 Å². The molecule has 1 aliphatic heterocycles. The second-order valence-electron chi connectivity index (χ2n) is 3.92. The summed E-state index contributed by atoms with van der Waals surface area (Å²) in [4.78, 5) is 22.6. The summed E-state index contributed by atoms with van der Waals surface area (Å²) in [5.74, 6) is -1.47. The molecule has 1 atom stereocenters. The van der Waals surface area contributed by atoms with Gasteiger partial charge in [0.05, 0.1) is 30.4 Å². The molecule has 1 aromatic rings. The van der Waals surface area contributed by atoms with E-state index < -0.39 is 12.1 Å². The number of benzene rings is 1. The largest absolute Gasteiger partial charge is 0.478 e. The van der Waals surface area contributed by atoms with E-state index in [1.165, 1.54) is 18.2 Å². The van der Waals surface area contributed by atoms with E-state index in [9.17, 15) is 9.59 Å². The summed E-state index contributed by atoms with van der Waals surface area (Å²) in [7, 11) is 0. The van der Waals surface area contributed by atoms with E-state index in [1.807, 2.05) is 0 Å². The van der Waals surface area contributed by atoms with Crippen LogP contribution in [0, 0.1) is 0 Å². The molecule has 0 bridgehead atoms. The lowest BCUT2D eigenvalue weighted by atomic mass is 10.2. The molecule has 0 aromatic heterocycles. The first kappa shape index (κ1) is 13.8. The SMILES string of the molecule is O=C(O)c1ccc(NC(=O)C2COCCO2)cc1Cl. The molecule has 7 heteroatoms. The van der Waals surface area contributed by atoms with E-state index in [0.29, 0.717) is 18.9 Å². The maximum atomic E-state index is 11.8. The molecule has 0 saturated carbocycles. The Hall–Kier alpha value is -1.63. The maximum Gasteiger partial charge on any atom is 0.337 e. The lowest BCUT2D eigenvalue weighted by molar-refractivity contribution is -0.142. The molecule has 1 fully saturated rings. The number of amides is 1. The van der Waals surface area contributed by atoms with Crippen molar-refractivity contribution in [3.8, 4) is 0 Å². The van der Waals surface area contributed by atoms with Crippen LogP contribution >= 0.6 is 11.6 Å². The Morgan fingerprint density at radius 2 is 2.16 bits per heavy atom. The van der Waals surface area contributed by atoms with Crippen molar-refractivity contribution in [1.29, 1.82) is 0 Å². The van der Waals surface area contributed by atoms with E-state index in [2.05, 4.69) is 5.32 Å². The number of hydrogen-bond donors (Lipinski definition) is 2. The van der Waals surface area contributed by atoms with Crippen molar-refractivity contribution in [3.05, 3.63) is 28.8 Å². The molecule has 19 heavy (non-hydrogen) atoms. The Morgan fingerprint density at radius 3 is 2.74 bits per heavy atom. The highest BCUT2D eigenvalue weighted by Gasteiger charge is 2.22. The molecule has 1 aromatic carbocycles. The van der Waals surface area contributed by atoms with Crippen LogP contribution in [0.1, 0.15) is 10.4 Å². The second kappa shape index (κ2) is 6.01. The number of halogens is 1. The Balaban J connectivity index is 2.04. The first-order valence-corrected chi connectivity index (χ1v) is 5.99. The van der Waals surface area contributed by atoms with Gasteiger partial charge in [-0.3, -0.25) is 4.79 Å². The van der Waals surface area contributed by atoms with Gasteiger partial charge in [0.25, 0.3) is 5.91 Å². The van der Waals surface area contributed by atoms with E-state index in [4.69, 9.17) is 26.2 Å². The summed E-state index contributed by atoms with van der Waals surface area (Å²) in [6.07, 6.45) is -0.660.